The Bertz CT molecular complexity index is 416. The van der Waals surface area contributed by atoms with Crippen LogP contribution in [0.1, 0.15) is 38.3 Å². The summed E-state index contributed by atoms with van der Waals surface area (Å²) in [5.74, 6) is 0.0467. The van der Waals surface area contributed by atoms with Gasteiger partial charge in [0.05, 0.1) is 11.9 Å². The van der Waals surface area contributed by atoms with Crippen LogP contribution in [0.2, 0.25) is 0 Å². The van der Waals surface area contributed by atoms with Gasteiger partial charge in [0.15, 0.2) is 5.84 Å². The Morgan fingerprint density at radius 3 is 2.94 bits per heavy atom. The van der Waals surface area contributed by atoms with Crippen molar-refractivity contribution in [1.29, 1.82) is 0 Å². The minimum absolute atomic E-state index is 0.0467. The van der Waals surface area contributed by atoms with Gasteiger partial charge in [-0.1, -0.05) is 18.0 Å². The summed E-state index contributed by atoms with van der Waals surface area (Å²) in [4.78, 5) is 6.62. The predicted molar refractivity (Wildman–Crippen MR) is 72.0 cm³/mol. The Morgan fingerprint density at radius 2 is 2.28 bits per heavy atom. The monoisotopic (exact) mass is 248 g/mol. The van der Waals surface area contributed by atoms with Crippen LogP contribution in [-0.2, 0) is 0 Å². The van der Waals surface area contributed by atoms with Gasteiger partial charge >= 0.3 is 0 Å². The van der Waals surface area contributed by atoms with Crippen LogP contribution in [-0.4, -0.2) is 28.6 Å². The number of hydrogen-bond acceptors (Lipinski definition) is 4. The third-order valence-electron chi connectivity index (χ3n) is 3.50. The van der Waals surface area contributed by atoms with Crippen LogP contribution in [0.5, 0.6) is 0 Å². The second-order valence-corrected chi connectivity index (χ2v) is 4.78. The Labute approximate surface area is 107 Å². The first-order valence-electron chi connectivity index (χ1n) is 6.43. The van der Waals surface area contributed by atoms with Crippen LogP contribution >= 0.6 is 0 Å². The molecule has 2 heterocycles. The molecule has 5 heteroatoms. The SMILES string of the molecule is CC1CCCCCN1c1ccc(/C(N)=N/O)nc1. The summed E-state index contributed by atoms with van der Waals surface area (Å²) in [5, 5.41) is 11.5. The molecule has 1 aromatic rings. The van der Waals surface area contributed by atoms with E-state index in [1.807, 2.05) is 6.07 Å². The molecule has 1 atom stereocenters. The molecule has 0 saturated carbocycles. The highest BCUT2D eigenvalue weighted by Crippen LogP contribution is 2.23. The molecular weight excluding hydrogens is 228 g/mol. The van der Waals surface area contributed by atoms with Crippen molar-refractivity contribution in [1.82, 2.24) is 4.98 Å². The Balaban J connectivity index is 2.17. The van der Waals surface area contributed by atoms with Crippen LogP contribution in [0.3, 0.4) is 0 Å². The lowest BCUT2D eigenvalue weighted by Gasteiger charge is -2.29. The van der Waals surface area contributed by atoms with E-state index in [4.69, 9.17) is 10.9 Å². The standard InChI is InChI=1S/C13H20N4O/c1-10-5-3-2-4-8-17(10)11-6-7-12(15-9-11)13(14)16-18/h6-7,9-10,18H,2-5,8H2,1H3,(H2,14,16). The summed E-state index contributed by atoms with van der Waals surface area (Å²) >= 11 is 0. The van der Waals surface area contributed by atoms with E-state index in [1.54, 1.807) is 12.3 Å². The molecule has 0 radical (unpaired) electrons. The smallest absolute Gasteiger partial charge is 0.188 e. The molecule has 1 fully saturated rings. The van der Waals surface area contributed by atoms with Crippen molar-refractivity contribution in [3.05, 3.63) is 24.0 Å². The molecule has 1 unspecified atom stereocenters. The van der Waals surface area contributed by atoms with E-state index in [-0.39, 0.29) is 5.84 Å². The molecular formula is C13H20N4O. The molecule has 0 aromatic carbocycles. The zero-order chi connectivity index (χ0) is 13.0. The Morgan fingerprint density at radius 1 is 1.44 bits per heavy atom. The average Bonchev–Trinajstić information content (AvgIpc) is 2.63. The van der Waals surface area contributed by atoms with Gasteiger partial charge in [-0.15, -0.1) is 0 Å². The number of nitrogens with two attached hydrogens (primary N) is 1. The second kappa shape index (κ2) is 5.71. The second-order valence-electron chi connectivity index (χ2n) is 4.78. The molecule has 18 heavy (non-hydrogen) atoms. The lowest BCUT2D eigenvalue weighted by atomic mass is 10.1. The van der Waals surface area contributed by atoms with E-state index in [1.165, 1.54) is 25.7 Å². The largest absolute Gasteiger partial charge is 0.409 e. The molecule has 2 rings (SSSR count). The van der Waals surface area contributed by atoms with E-state index in [2.05, 4.69) is 22.0 Å². The van der Waals surface area contributed by atoms with Gasteiger partial charge in [0.1, 0.15) is 5.69 Å². The number of nitrogens with zero attached hydrogens (tertiary/aromatic N) is 3. The molecule has 1 saturated heterocycles. The fourth-order valence-electron chi connectivity index (χ4n) is 2.42. The van der Waals surface area contributed by atoms with Gasteiger partial charge < -0.3 is 15.8 Å². The van der Waals surface area contributed by atoms with Gasteiger partial charge in [-0.3, -0.25) is 4.98 Å². The number of aromatic nitrogens is 1. The van der Waals surface area contributed by atoms with E-state index < -0.39 is 0 Å². The zero-order valence-electron chi connectivity index (χ0n) is 10.7. The normalized spacial score (nSPS) is 21.7. The lowest BCUT2D eigenvalue weighted by molar-refractivity contribution is 0.318. The average molecular weight is 248 g/mol. The summed E-state index contributed by atoms with van der Waals surface area (Å²) < 4.78 is 0. The van der Waals surface area contributed by atoms with Gasteiger partial charge in [0, 0.05) is 12.6 Å². The van der Waals surface area contributed by atoms with E-state index in [9.17, 15) is 0 Å². The molecule has 1 aliphatic heterocycles. The highest BCUT2D eigenvalue weighted by atomic mass is 16.4. The maximum atomic E-state index is 8.60. The third kappa shape index (κ3) is 2.72. The third-order valence-corrected chi connectivity index (χ3v) is 3.50. The van der Waals surface area contributed by atoms with Crippen molar-refractivity contribution in [2.24, 2.45) is 10.9 Å². The number of anilines is 1. The molecule has 3 N–H and O–H groups in total. The van der Waals surface area contributed by atoms with Crippen molar-refractivity contribution >= 4 is 11.5 Å². The zero-order valence-corrected chi connectivity index (χ0v) is 10.7. The van der Waals surface area contributed by atoms with E-state index in [0.29, 0.717) is 11.7 Å². The first-order chi connectivity index (χ1) is 8.72. The minimum atomic E-state index is 0.0467. The van der Waals surface area contributed by atoms with Gasteiger partial charge in [0.25, 0.3) is 0 Å². The number of hydrogen-bond donors (Lipinski definition) is 2. The van der Waals surface area contributed by atoms with Crippen LogP contribution in [0, 0.1) is 0 Å². The van der Waals surface area contributed by atoms with Crippen molar-refractivity contribution in [3.8, 4) is 0 Å². The van der Waals surface area contributed by atoms with Gasteiger partial charge in [-0.25, -0.2) is 0 Å². The van der Waals surface area contributed by atoms with Crippen molar-refractivity contribution in [2.75, 3.05) is 11.4 Å². The molecule has 5 nitrogen and oxygen atoms in total. The predicted octanol–water partition coefficient (Wildman–Crippen LogP) is 1.94. The van der Waals surface area contributed by atoms with E-state index in [0.717, 1.165) is 12.2 Å². The molecule has 0 spiro atoms. The minimum Gasteiger partial charge on any atom is -0.409 e. The molecule has 1 aromatic heterocycles. The fraction of sp³-hybridized carbons (Fsp3) is 0.538. The number of pyridine rings is 1. The summed E-state index contributed by atoms with van der Waals surface area (Å²) in [5.41, 5.74) is 7.11. The molecule has 1 aliphatic rings. The Hall–Kier alpha value is -1.78. The number of amidine groups is 1. The highest BCUT2D eigenvalue weighted by molar-refractivity contribution is 5.95. The summed E-state index contributed by atoms with van der Waals surface area (Å²) in [6.45, 7) is 3.33. The van der Waals surface area contributed by atoms with Gasteiger partial charge in [0.2, 0.25) is 0 Å². The first kappa shape index (κ1) is 12.7. The maximum Gasteiger partial charge on any atom is 0.188 e. The van der Waals surface area contributed by atoms with Crippen LogP contribution < -0.4 is 10.6 Å². The van der Waals surface area contributed by atoms with Gasteiger partial charge in [-0.2, -0.15) is 0 Å². The molecule has 0 bridgehead atoms. The van der Waals surface area contributed by atoms with E-state index >= 15 is 0 Å². The first-order valence-corrected chi connectivity index (χ1v) is 6.43. The van der Waals surface area contributed by atoms with Crippen molar-refractivity contribution in [3.63, 3.8) is 0 Å². The highest BCUT2D eigenvalue weighted by Gasteiger charge is 2.17. The lowest BCUT2D eigenvalue weighted by Crippen LogP contribution is -2.32. The van der Waals surface area contributed by atoms with Gasteiger partial charge in [-0.05, 0) is 31.9 Å². The van der Waals surface area contributed by atoms with Crippen molar-refractivity contribution in [2.45, 2.75) is 38.6 Å². The number of oxime groups is 1. The molecule has 0 aliphatic carbocycles. The van der Waals surface area contributed by atoms with Crippen LogP contribution in [0.25, 0.3) is 0 Å². The summed E-state index contributed by atoms with van der Waals surface area (Å²) in [6, 6.07) is 4.33. The Kier molecular flexibility index (Phi) is 4.02. The molecule has 0 amide bonds. The number of rotatable bonds is 2. The van der Waals surface area contributed by atoms with Crippen LogP contribution in [0.4, 0.5) is 5.69 Å². The maximum absolute atomic E-state index is 8.60. The topological polar surface area (TPSA) is 74.7 Å². The van der Waals surface area contributed by atoms with Crippen molar-refractivity contribution < 1.29 is 5.21 Å². The molecule has 98 valence electrons. The fourth-order valence-corrected chi connectivity index (χ4v) is 2.42. The van der Waals surface area contributed by atoms with Crippen LogP contribution in [0.15, 0.2) is 23.5 Å². The summed E-state index contributed by atoms with van der Waals surface area (Å²) in [6.07, 6.45) is 6.85. The quantitative estimate of drug-likeness (QED) is 0.363. The summed E-state index contributed by atoms with van der Waals surface area (Å²) in [7, 11) is 0.